The molecule has 0 unspecified atom stereocenters. The van der Waals surface area contributed by atoms with Crippen molar-refractivity contribution in [1.82, 2.24) is 24.9 Å². The van der Waals surface area contributed by atoms with E-state index in [9.17, 15) is 0 Å². The van der Waals surface area contributed by atoms with E-state index in [-0.39, 0.29) is 0 Å². The van der Waals surface area contributed by atoms with E-state index >= 15 is 0 Å². The van der Waals surface area contributed by atoms with Crippen LogP contribution in [-0.4, -0.2) is 51.2 Å². The number of pyridine rings is 1. The summed E-state index contributed by atoms with van der Waals surface area (Å²) in [5.74, 6) is 1.93. The maximum atomic E-state index is 5.47. The fraction of sp³-hybridized carbons (Fsp3) is 0.211. The molecule has 0 aromatic carbocycles. The van der Waals surface area contributed by atoms with Gasteiger partial charge in [0, 0.05) is 25.5 Å². The van der Waals surface area contributed by atoms with E-state index in [0.717, 1.165) is 35.5 Å². The zero-order chi connectivity index (χ0) is 18.1. The van der Waals surface area contributed by atoms with Gasteiger partial charge in [-0.25, -0.2) is 19.9 Å². The number of rotatable bonds is 3. The molecular formula is C19H16N6O2. The standard InChI is InChI=1S/C19H16N6O2/c1-2-14-16(20-5-1)19(25-7-10-26-11-8-25)24-18(22-14)15-3-6-21-17(23-15)13-4-9-27-12-13/h1-6,9,12H,7-8,10-11H2. The van der Waals surface area contributed by atoms with Crippen LogP contribution in [0.25, 0.3) is 33.9 Å². The molecule has 5 rings (SSSR count). The lowest BCUT2D eigenvalue weighted by Crippen LogP contribution is -2.37. The summed E-state index contributed by atoms with van der Waals surface area (Å²) in [6.45, 7) is 2.88. The number of fused-ring (bicyclic) bond motifs is 1. The molecule has 0 amide bonds. The summed E-state index contributed by atoms with van der Waals surface area (Å²) in [5, 5.41) is 0. The molecule has 0 aliphatic carbocycles. The highest BCUT2D eigenvalue weighted by atomic mass is 16.5. The lowest BCUT2D eigenvalue weighted by atomic mass is 10.2. The summed E-state index contributed by atoms with van der Waals surface area (Å²) in [6.07, 6.45) is 6.68. The molecule has 1 saturated heterocycles. The Labute approximate surface area is 154 Å². The SMILES string of the molecule is c1cnc2c(N3CCOCC3)nc(-c3ccnc(-c4ccoc4)n3)nc2c1. The zero-order valence-electron chi connectivity index (χ0n) is 14.4. The zero-order valence-corrected chi connectivity index (χ0v) is 14.4. The molecule has 8 heteroatoms. The highest BCUT2D eigenvalue weighted by molar-refractivity contribution is 5.87. The van der Waals surface area contributed by atoms with E-state index in [1.54, 1.807) is 24.9 Å². The van der Waals surface area contributed by atoms with Gasteiger partial charge >= 0.3 is 0 Å². The smallest absolute Gasteiger partial charge is 0.181 e. The summed E-state index contributed by atoms with van der Waals surface area (Å²) in [6, 6.07) is 7.45. The lowest BCUT2D eigenvalue weighted by molar-refractivity contribution is 0.122. The van der Waals surface area contributed by atoms with Crippen LogP contribution in [0.5, 0.6) is 0 Å². The summed E-state index contributed by atoms with van der Waals surface area (Å²) in [7, 11) is 0. The first kappa shape index (κ1) is 15.8. The number of hydrogen-bond acceptors (Lipinski definition) is 8. The van der Waals surface area contributed by atoms with Crippen molar-refractivity contribution in [2.45, 2.75) is 0 Å². The fourth-order valence-electron chi connectivity index (χ4n) is 3.08. The maximum Gasteiger partial charge on any atom is 0.181 e. The van der Waals surface area contributed by atoms with Gasteiger partial charge in [-0.15, -0.1) is 0 Å². The lowest BCUT2D eigenvalue weighted by Gasteiger charge is -2.28. The molecule has 27 heavy (non-hydrogen) atoms. The van der Waals surface area contributed by atoms with Gasteiger partial charge in [0.2, 0.25) is 0 Å². The van der Waals surface area contributed by atoms with Gasteiger partial charge in [-0.2, -0.15) is 0 Å². The van der Waals surface area contributed by atoms with Gasteiger partial charge in [0.1, 0.15) is 17.5 Å². The van der Waals surface area contributed by atoms with Gasteiger partial charge in [-0.3, -0.25) is 4.98 Å². The van der Waals surface area contributed by atoms with Crippen molar-refractivity contribution in [1.29, 1.82) is 0 Å². The van der Waals surface area contributed by atoms with E-state index in [0.29, 0.717) is 30.6 Å². The number of aromatic nitrogens is 5. The molecule has 4 aromatic rings. The topological polar surface area (TPSA) is 90.1 Å². The highest BCUT2D eigenvalue weighted by Crippen LogP contribution is 2.26. The molecule has 1 aliphatic heterocycles. The largest absolute Gasteiger partial charge is 0.472 e. The Balaban J connectivity index is 1.64. The van der Waals surface area contributed by atoms with Gasteiger partial charge in [0.15, 0.2) is 17.5 Å². The van der Waals surface area contributed by atoms with Crippen LogP contribution in [0.4, 0.5) is 5.82 Å². The normalized spacial score (nSPS) is 14.6. The molecule has 0 bridgehead atoms. The van der Waals surface area contributed by atoms with Gasteiger partial charge < -0.3 is 14.1 Å². The Morgan fingerprint density at radius 3 is 2.67 bits per heavy atom. The second-order valence-corrected chi connectivity index (χ2v) is 6.12. The molecule has 0 atom stereocenters. The second kappa shape index (κ2) is 6.73. The fourth-order valence-corrected chi connectivity index (χ4v) is 3.08. The number of furan rings is 1. The van der Waals surface area contributed by atoms with Crippen LogP contribution in [-0.2, 0) is 4.74 Å². The predicted octanol–water partition coefficient (Wildman–Crippen LogP) is 2.58. The van der Waals surface area contributed by atoms with Crippen LogP contribution >= 0.6 is 0 Å². The quantitative estimate of drug-likeness (QED) is 0.551. The maximum absolute atomic E-state index is 5.47. The van der Waals surface area contributed by atoms with Gasteiger partial charge in [-0.1, -0.05) is 0 Å². The molecule has 8 nitrogen and oxygen atoms in total. The number of nitrogens with zero attached hydrogens (tertiary/aromatic N) is 6. The molecule has 134 valence electrons. The molecule has 1 aliphatic rings. The van der Waals surface area contributed by atoms with Crippen LogP contribution in [0.15, 0.2) is 53.6 Å². The van der Waals surface area contributed by atoms with Crippen molar-refractivity contribution >= 4 is 16.9 Å². The van der Waals surface area contributed by atoms with Crippen molar-refractivity contribution in [2.75, 3.05) is 31.2 Å². The third-order valence-electron chi connectivity index (χ3n) is 4.41. The van der Waals surface area contributed by atoms with E-state index in [2.05, 4.69) is 24.8 Å². The average Bonchev–Trinajstić information content (AvgIpc) is 3.29. The second-order valence-electron chi connectivity index (χ2n) is 6.12. The van der Waals surface area contributed by atoms with Crippen LogP contribution in [0.2, 0.25) is 0 Å². The van der Waals surface area contributed by atoms with Crippen LogP contribution in [0, 0.1) is 0 Å². The number of hydrogen-bond donors (Lipinski definition) is 0. The Hall–Kier alpha value is -3.39. The first-order valence-corrected chi connectivity index (χ1v) is 8.70. The summed E-state index contributed by atoms with van der Waals surface area (Å²) in [4.78, 5) is 25.1. The van der Waals surface area contributed by atoms with Gasteiger partial charge in [-0.05, 0) is 24.3 Å². The van der Waals surface area contributed by atoms with Crippen molar-refractivity contribution < 1.29 is 9.15 Å². The Kier molecular flexibility index (Phi) is 3.95. The first-order valence-electron chi connectivity index (χ1n) is 8.70. The van der Waals surface area contributed by atoms with Crippen LogP contribution in [0.3, 0.4) is 0 Å². The molecule has 0 saturated carbocycles. The van der Waals surface area contributed by atoms with E-state index in [1.807, 2.05) is 24.3 Å². The minimum atomic E-state index is 0.545. The minimum Gasteiger partial charge on any atom is -0.472 e. The van der Waals surface area contributed by atoms with E-state index in [4.69, 9.17) is 14.1 Å². The molecule has 4 aromatic heterocycles. The first-order chi connectivity index (χ1) is 13.4. The van der Waals surface area contributed by atoms with Crippen molar-refractivity contribution in [3.63, 3.8) is 0 Å². The third-order valence-corrected chi connectivity index (χ3v) is 4.41. The van der Waals surface area contributed by atoms with Gasteiger partial charge in [0.05, 0.1) is 30.6 Å². The molecule has 0 spiro atoms. The van der Waals surface area contributed by atoms with Crippen LogP contribution < -0.4 is 4.90 Å². The molecule has 1 fully saturated rings. The van der Waals surface area contributed by atoms with E-state index < -0.39 is 0 Å². The Morgan fingerprint density at radius 2 is 1.81 bits per heavy atom. The molecular weight excluding hydrogens is 344 g/mol. The monoisotopic (exact) mass is 360 g/mol. The molecule has 0 radical (unpaired) electrons. The third kappa shape index (κ3) is 3.00. The summed E-state index contributed by atoms with van der Waals surface area (Å²) < 4.78 is 10.6. The average molecular weight is 360 g/mol. The number of morpholine rings is 1. The summed E-state index contributed by atoms with van der Waals surface area (Å²) >= 11 is 0. The molecule has 5 heterocycles. The van der Waals surface area contributed by atoms with Crippen LogP contribution in [0.1, 0.15) is 0 Å². The Morgan fingerprint density at radius 1 is 0.889 bits per heavy atom. The molecule has 0 N–H and O–H groups in total. The van der Waals surface area contributed by atoms with Gasteiger partial charge in [0.25, 0.3) is 0 Å². The minimum absolute atomic E-state index is 0.545. The number of anilines is 1. The van der Waals surface area contributed by atoms with Crippen molar-refractivity contribution in [2.24, 2.45) is 0 Å². The van der Waals surface area contributed by atoms with Crippen molar-refractivity contribution in [3.05, 3.63) is 49.2 Å². The highest BCUT2D eigenvalue weighted by Gasteiger charge is 2.19. The van der Waals surface area contributed by atoms with E-state index in [1.165, 1.54) is 0 Å². The number of ether oxygens (including phenoxy) is 1. The van der Waals surface area contributed by atoms with Crippen molar-refractivity contribution in [3.8, 4) is 22.9 Å². The predicted molar refractivity (Wildman–Crippen MR) is 99.1 cm³/mol. The Bertz CT molecular complexity index is 1080. The summed E-state index contributed by atoms with van der Waals surface area (Å²) in [5.41, 5.74) is 3.04.